The molecule has 2 aliphatic rings. The van der Waals surface area contributed by atoms with Gasteiger partial charge in [-0.1, -0.05) is 57.0 Å². The molecule has 0 bridgehead atoms. The monoisotopic (exact) mass is 302 g/mol. The van der Waals surface area contributed by atoms with Crippen LogP contribution >= 0.6 is 0 Å². The van der Waals surface area contributed by atoms with E-state index in [-0.39, 0.29) is 0 Å². The molecule has 1 saturated heterocycles. The quantitative estimate of drug-likeness (QED) is 0.885. The van der Waals surface area contributed by atoms with E-state index in [9.17, 15) is 0 Å². The molecule has 22 heavy (non-hydrogen) atoms. The number of likely N-dealkylation sites (tertiary alicyclic amines) is 1. The molecule has 1 saturated carbocycles. The fourth-order valence-corrected chi connectivity index (χ4v) is 3.66. The summed E-state index contributed by atoms with van der Waals surface area (Å²) >= 11 is 0. The number of nitrogens with zero attached hydrogens (tertiary/aromatic N) is 1. The van der Waals surface area contributed by atoms with Gasteiger partial charge in [-0.2, -0.15) is 0 Å². The van der Waals surface area contributed by atoms with E-state index >= 15 is 0 Å². The summed E-state index contributed by atoms with van der Waals surface area (Å²) in [5.74, 6) is 0. The average Bonchev–Trinajstić information content (AvgIpc) is 2.94. The molecule has 1 aromatic carbocycles. The molecule has 0 unspecified atom stereocenters. The maximum Gasteiger partial charge on any atom is 0.0233 e. The minimum atomic E-state index is 0.471. The lowest BCUT2D eigenvalue weighted by Gasteiger charge is -2.36. The van der Waals surface area contributed by atoms with Gasteiger partial charge in [0, 0.05) is 19.1 Å². The number of hydrogen-bond acceptors (Lipinski definition) is 2. The van der Waals surface area contributed by atoms with E-state index in [0.29, 0.717) is 11.5 Å². The van der Waals surface area contributed by atoms with E-state index < -0.39 is 0 Å². The van der Waals surface area contributed by atoms with Gasteiger partial charge in [-0.3, -0.25) is 4.90 Å². The van der Waals surface area contributed by atoms with Gasteiger partial charge in [0.05, 0.1) is 0 Å². The van der Waals surface area contributed by atoms with E-state index in [0.717, 1.165) is 6.54 Å². The van der Waals surface area contributed by atoms with Crippen molar-refractivity contribution < 1.29 is 0 Å². The Labute approximate surface area is 137 Å². The first-order valence-electron chi connectivity index (χ1n) is 9.19. The molecule has 0 radical (unpaired) electrons. The van der Waals surface area contributed by atoms with E-state index in [1.165, 1.54) is 63.6 Å². The van der Waals surface area contributed by atoms with Crippen LogP contribution in [0.2, 0.25) is 0 Å². The van der Waals surface area contributed by atoms with E-state index in [2.05, 4.69) is 49.1 Å². The van der Waals surface area contributed by atoms with Crippen molar-refractivity contribution in [2.75, 3.05) is 13.1 Å². The van der Waals surface area contributed by atoms with Crippen LogP contribution in [0.15, 0.2) is 30.3 Å². The van der Waals surface area contributed by atoms with Crippen LogP contribution in [0.25, 0.3) is 0 Å². The zero-order valence-electron chi connectivity index (χ0n) is 14.6. The second-order valence-corrected chi connectivity index (χ2v) is 7.28. The van der Waals surface area contributed by atoms with Gasteiger partial charge in [0.2, 0.25) is 0 Å². The van der Waals surface area contributed by atoms with Crippen LogP contribution in [-0.2, 0) is 6.54 Å². The Bertz CT molecular complexity index is 405. The first-order chi connectivity index (χ1) is 10.7. The zero-order valence-corrected chi connectivity index (χ0v) is 14.6. The maximum absolute atomic E-state index is 6.03. The molecule has 1 aliphatic carbocycles. The molecule has 124 valence electrons. The lowest BCUT2D eigenvalue weighted by Crippen LogP contribution is -2.36. The number of benzene rings is 1. The van der Waals surface area contributed by atoms with E-state index in [1.54, 1.807) is 0 Å². The van der Waals surface area contributed by atoms with E-state index in [1.807, 2.05) is 0 Å². The van der Waals surface area contributed by atoms with Crippen LogP contribution in [0.3, 0.4) is 0 Å². The van der Waals surface area contributed by atoms with Gasteiger partial charge in [0.1, 0.15) is 0 Å². The summed E-state index contributed by atoms with van der Waals surface area (Å²) in [7, 11) is 0. The molecular formula is C20H34N2. The van der Waals surface area contributed by atoms with Crippen molar-refractivity contribution in [1.29, 1.82) is 0 Å². The van der Waals surface area contributed by atoms with Crippen LogP contribution in [0, 0.1) is 5.41 Å². The van der Waals surface area contributed by atoms with E-state index in [4.69, 9.17) is 5.73 Å². The molecule has 0 atom stereocenters. The largest absolute Gasteiger partial charge is 0.328 e. The highest BCUT2D eigenvalue weighted by molar-refractivity contribution is 5.15. The summed E-state index contributed by atoms with van der Waals surface area (Å²) in [4.78, 5) is 2.63. The second kappa shape index (κ2) is 8.69. The minimum Gasteiger partial charge on any atom is -0.328 e. The molecule has 2 N–H and O–H groups in total. The number of hydrogen-bond donors (Lipinski definition) is 1. The first kappa shape index (κ1) is 17.5. The summed E-state index contributed by atoms with van der Waals surface area (Å²) in [6.07, 6.45) is 9.18. The van der Waals surface area contributed by atoms with Gasteiger partial charge in [0.25, 0.3) is 0 Å². The van der Waals surface area contributed by atoms with Gasteiger partial charge >= 0.3 is 0 Å². The van der Waals surface area contributed by atoms with Crippen LogP contribution in [-0.4, -0.2) is 24.0 Å². The Kier molecular flexibility index (Phi) is 6.91. The average molecular weight is 303 g/mol. The predicted molar refractivity (Wildman–Crippen MR) is 95.8 cm³/mol. The highest BCUT2D eigenvalue weighted by Crippen LogP contribution is 2.43. The summed E-state index contributed by atoms with van der Waals surface area (Å²) < 4.78 is 0. The number of nitrogens with two attached hydrogens (primary N) is 1. The minimum absolute atomic E-state index is 0.471. The maximum atomic E-state index is 6.03. The number of unbranched alkanes of at least 4 members (excludes halogenated alkanes) is 1. The van der Waals surface area contributed by atoms with Crippen molar-refractivity contribution in [1.82, 2.24) is 4.90 Å². The third-order valence-corrected chi connectivity index (χ3v) is 5.36. The normalized spacial score (nSPS) is 28.4. The predicted octanol–water partition coefficient (Wildman–Crippen LogP) is 4.59. The van der Waals surface area contributed by atoms with Crippen molar-refractivity contribution >= 4 is 0 Å². The summed E-state index contributed by atoms with van der Waals surface area (Å²) in [6.45, 7) is 8.04. The fourth-order valence-electron chi connectivity index (χ4n) is 3.66. The smallest absolute Gasteiger partial charge is 0.0233 e. The Morgan fingerprint density at radius 1 is 1.05 bits per heavy atom. The van der Waals surface area contributed by atoms with Crippen molar-refractivity contribution in [3.8, 4) is 0 Å². The topological polar surface area (TPSA) is 29.3 Å². The van der Waals surface area contributed by atoms with Crippen LogP contribution < -0.4 is 5.73 Å². The van der Waals surface area contributed by atoms with Gasteiger partial charge in [-0.25, -0.2) is 0 Å². The van der Waals surface area contributed by atoms with Crippen molar-refractivity contribution in [2.45, 2.75) is 71.4 Å². The van der Waals surface area contributed by atoms with Crippen molar-refractivity contribution in [3.05, 3.63) is 35.9 Å². The Balaban J connectivity index is 0.000000396. The SMILES string of the molecule is CCCC.NC1CCC2(CC1)CCN(Cc1ccccc1)C2. The Hall–Kier alpha value is -0.860. The van der Waals surface area contributed by atoms with Crippen molar-refractivity contribution in [3.63, 3.8) is 0 Å². The van der Waals surface area contributed by atoms with Crippen LogP contribution in [0.1, 0.15) is 64.4 Å². The first-order valence-corrected chi connectivity index (χ1v) is 9.19. The third-order valence-electron chi connectivity index (χ3n) is 5.36. The molecule has 1 aliphatic heterocycles. The highest BCUT2D eigenvalue weighted by Gasteiger charge is 2.39. The summed E-state index contributed by atoms with van der Waals surface area (Å²) in [6, 6.07) is 11.3. The molecule has 2 nitrogen and oxygen atoms in total. The lowest BCUT2D eigenvalue weighted by atomic mass is 9.72. The second-order valence-electron chi connectivity index (χ2n) is 7.28. The van der Waals surface area contributed by atoms with Crippen molar-refractivity contribution in [2.24, 2.45) is 11.1 Å². The highest BCUT2D eigenvalue weighted by atomic mass is 15.2. The molecule has 0 aromatic heterocycles. The summed E-state index contributed by atoms with van der Waals surface area (Å²) in [5.41, 5.74) is 8.08. The fraction of sp³-hybridized carbons (Fsp3) is 0.700. The third kappa shape index (κ3) is 5.10. The van der Waals surface area contributed by atoms with Crippen LogP contribution in [0.5, 0.6) is 0 Å². The van der Waals surface area contributed by atoms with Crippen LogP contribution in [0.4, 0.5) is 0 Å². The Morgan fingerprint density at radius 3 is 2.27 bits per heavy atom. The number of rotatable bonds is 3. The van der Waals surface area contributed by atoms with Gasteiger partial charge < -0.3 is 5.73 Å². The summed E-state index contributed by atoms with van der Waals surface area (Å²) in [5, 5.41) is 0. The molecule has 1 spiro atoms. The van der Waals surface area contributed by atoms with Gasteiger partial charge in [0.15, 0.2) is 0 Å². The molecule has 1 aromatic rings. The molecular weight excluding hydrogens is 268 g/mol. The Morgan fingerprint density at radius 2 is 1.68 bits per heavy atom. The van der Waals surface area contributed by atoms with Gasteiger partial charge in [-0.05, 0) is 49.6 Å². The standard InChI is InChI=1S/C16H24N2.C4H10/c17-15-6-8-16(9-7-15)10-11-18(13-16)12-14-4-2-1-3-5-14;1-3-4-2/h1-5,15H,6-13,17H2;3-4H2,1-2H3. The molecule has 3 rings (SSSR count). The molecule has 2 fully saturated rings. The lowest BCUT2D eigenvalue weighted by molar-refractivity contribution is 0.172. The van der Waals surface area contributed by atoms with Gasteiger partial charge in [-0.15, -0.1) is 0 Å². The molecule has 0 amide bonds. The molecule has 2 heteroatoms. The zero-order chi connectivity index (χ0) is 15.8. The molecule has 1 heterocycles.